The molecule has 89 valence electrons. The Morgan fingerprint density at radius 1 is 0.643 bits per heavy atom. The molecule has 0 heterocycles. The fourth-order valence-electron chi connectivity index (χ4n) is 0. The minimum absolute atomic E-state index is 0. The van der Waals surface area contributed by atoms with E-state index in [0.29, 0.717) is 0 Å². The summed E-state index contributed by atoms with van der Waals surface area (Å²) in [6, 6.07) is 0. The Kier molecular flexibility index (Phi) is 104. The van der Waals surface area contributed by atoms with E-state index in [1.54, 1.807) is 0 Å². The molecule has 1 radical (unpaired) electrons. The molecule has 0 aromatic carbocycles. The Morgan fingerprint density at radius 2 is 0.714 bits per heavy atom. The van der Waals surface area contributed by atoms with Crippen LogP contribution < -0.4 is 0 Å². The topological polar surface area (TPSA) is 28.5 Å². The Labute approximate surface area is 104 Å². The Morgan fingerprint density at radius 3 is 0.714 bits per heavy atom. The van der Waals surface area contributed by atoms with Gasteiger partial charge in [-0.25, -0.2) is 0 Å². The van der Waals surface area contributed by atoms with Crippen LogP contribution in [0.4, 0.5) is 0 Å². The van der Waals surface area contributed by atoms with Crippen LogP contribution in [0.25, 0.3) is 0 Å². The van der Waals surface area contributed by atoms with Crippen molar-refractivity contribution >= 4 is 0 Å². The van der Waals surface area contributed by atoms with Crippen LogP contribution in [0.5, 0.6) is 0 Å². The van der Waals surface area contributed by atoms with Gasteiger partial charge in [0.05, 0.1) is 0 Å². The quantitative estimate of drug-likeness (QED) is 0.635. The molecular weight excluding hydrogens is 211 g/mol. The first-order valence-corrected chi connectivity index (χ1v) is 5.12. The fourth-order valence-corrected chi connectivity index (χ4v) is 0. The monoisotopic (exact) mass is 238 g/mol. The van der Waals surface area contributed by atoms with Crippen LogP contribution >= 0.6 is 0 Å². The van der Waals surface area contributed by atoms with E-state index in [4.69, 9.17) is 0 Å². The summed E-state index contributed by atoms with van der Waals surface area (Å²) in [4.78, 5) is 0. The first-order valence-electron chi connectivity index (χ1n) is 5.12. The van der Waals surface area contributed by atoms with Crippen molar-refractivity contribution in [2.24, 2.45) is 0 Å². The molecule has 0 unspecified atom stereocenters. The van der Waals surface area contributed by atoms with E-state index < -0.39 is 0 Å². The molecule has 0 aliphatic rings. The van der Waals surface area contributed by atoms with Gasteiger partial charge >= 0.3 is 18.6 Å². The van der Waals surface area contributed by atoms with Crippen LogP contribution in [-0.2, 0) is 24.0 Å². The number of hydrogen-bond acceptors (Lipinski definition) is 0. The average molecular weight is 238 g/mol. The molecule has 0 saturated heterocycles. The third kappa shape index (κ3) is 133. The first-order chi connectivity index (χ1) is 5.74. The van der Waals surface area contributed by atoms with E-state index in [1.807, 2.05) is 0 Å². The SMILES string of the molecule is [CH2-]CCC.[CH2-]CCC.[CH2-]CCC.[O-2].[V+2]. The van der Waals surface area contributed by atoms with Crippen molar-refractivity contribution in [2.45, 2.75) is 59.3 Å². The predicted octanol–water partition coefficient (Wildman–Crippen LogP) is 4.74. The molecule has 0 amide bonds. The summed E-state index contributed by atoms with van der Waals surface area (Å²) in [6.07, 6.45) is 6.83. The maximum absolute atomic E-state index is 3.60. The number of hydrogen-bond donors (Lipinski definition) is 0. The maximum Gasteiger partial charge on any atom is 2.00 e. The second-order valence-corrected chi connectivity index (χ2v) is 2.56. The van der Waals surface area contributed by atoms with Crippen LogP contribution in [0.15, 0.2) is 0 Å². The van der Waals surface area contributed by atoms with Gasteiger partial charge in [-0.15, -0.1) is 0 Å². The zero-order valence-electron chi connectivity index (χ0n) is 10.2. The molecule has 0 atom stereocenters. The summed E-state index contributed by atoms with van der Waals surface area (Å²) in [5.74, 6) is 0. The molecule has 0 aliphatic heterocycles. The van der Waals surface area contributed by atoms with Gasteiger partial charge in [0.25, 0.3) is 0 Å². The van der Waals surface area contributed by atoms with E-state index in [-0.39, 0.29) is 24.0 Å². The summed E-state index contributed by atoms with van der Waals surface area (Å²) < 4.78 is 0. The van der Waals surface area contributed by atoms with Crippen LogP contribution in [0.2, 0.25) is 0 Å². The molecule has 14 heavy (non-hydrogen) atoms. The summed E-state index contributed by atoms with van der Waals surface area (Å²) in [6.45, 7) is 17.2. The van der Waals surface area contributed by atoms with Gasteiger partial charge in [0, 0.05) is 0 Å². The molecular formula is C12H27OV-3. The van der Waals surface area contributed by atoms with Crippen molar-refractivity contribution in [2.75, 3.05) is 0 Å². The minimum Gasteiger partial charge on any atom is -2.00 e. The van der Waals surface area contributed by atoms with Gasteiger partial charge in [-0.05, 0) is 0 Å². The minimum atomic E-state index is 0. The van der Waals surface area contributed by atoms with Gasteiger partial charge in [-0.3, -0.25) is 0 Å². The van der Waals surface area contributed by atoms with E-state index in [2.05, 4.69) is 41.5 Å². The second-order valence-electron chi connectivity index (χ2n) is 2.56. The molecule has 0 aromatic heterocycles. The van der Waals surface area contributed by atoms with Gasteiger partial charge in [-0.2, -0.15) is 19.3 Å². The maximum atomic E-state index is 3.60. The van der Waals surface area contributed by atoms with E-state index in [9.17, 15) is 0 Å². The van der Waals surface area contributed by atoms with Crippen LogP contribution in [0, 0.1) is 20.8 Å². The second kappa shape index (κ2) is 49.8. The molecule has 0 aliphatic carbocycles. The molecule has 1 nitrogen and oxygen atoms in total. The molecule has 0 spiro atoms. The molecule has 0 bridgehead atoms. The Hall–Kier alpha value is 0.544. The molecule has 0 saturated carbocycles. The van der Waals surface area contributed by atoms with Crippen molar-refractivity contribution in [1.82, 2.24) is 0 Å². The van der Waals surface area contributed by atoms with E-state index in [0.717, 1.165) is 19.3 Å². The average Bonchev–Trinajstić information content (AvgIpc) is 2.18. The van der Waals surface area contributed by atoms with Crippen LogP contribution in [0.3, 0.4) is 0 Å². The standard InChI is InChI=1S/3C4H9.O.V/c3*1-3-4-2;;/h3*1,3-4H2,2H3;;/q3*-1;-2;+2. The van der Waals surface area contributed by atoms with Gasteiger partial charge < -0.3 is 26.2 Å². The van der Waals surface area contributed by atoms with Crippen molar-refractivity contribution in [3.63, 3.8) is 0 Å². The predicted molar refractivity (Wildman–Crippen MR) is 61.5 cm³/mol. The summed E-state index contributed by atoms with van der Waals surface area (Å²) in [5, 5.41) is 0. The smallest absolute Gasteiger partial charge is 2.00 e. The van der Waals surface area contributed by atoms with Gasteiger partial charge in [-0.1, -0.05) is 40.0 Å². The van der Waals surface area contributed by atoms with Crippen LogP contribution in [-0.4, -0.2) is 0 Å². The van der Waals surface area contributed by atoms with Crippen molar-refractivity contribution in [3.05, 3.63) is 20.8 Å². The third-order valence-electron chi connectivity index (χ3n) is 1.06. The zero-order chi connectivity index (χ0) is 10.2. The van der Waals surface area contributed by atoms with Gasteiger partial charge in [0.2, 0.25) is 0 Å². The first kappa shape index (κ1) is 29.3. The molecule has 0 N–H and O–H groups in total. The fraction of sp³-hybridized carbons (Fsp3) is 0.750. The van der Waals surface area contributed by atoms with Crippen LogP contribution in [0.1, 0.15) is 59.3 Å². The third-order valence-corrected chi connectivity index (χ3v) is 1.06. The largest absolute Gasteiger partial charge is 2.00 e. The van der Waals surface area contributed by atoms with E-state index >= 15 is 0 Å². The Bertz CT molecular complexity index is 25.8. The van der Waals surface area contributed by atoms with Crippen molar-refractivity contribution < 1.29 is 24.0 Å². The molecule has 0 aromatic rings. The summed E-state index contributed by atoms with van der Waals surface area (Å²) in [7, 11) is 0. The summed E-state index contributed by atoms with van der Waals surface area (Å²) >= 11 is 0. The number of rotatable bonds is 3. The Balaban J connectivity index is -0.0000000270. The number of unbranched alkanes of at least 4 members (excludes halogenated alkanes) is 3. The van der Waals surface area contributed by atoms with Gasteiger partial charge in [0.1, 0.15) is 0 Å². The molecule has 2 heteroatoms. The zero-order valence-corrected chi connectivity index (χ0v) is 11.6. The summed E-state index contributed by atoms with van der Waals surface area (Å²) in [5.41, 5.74) is 0. The van der Waals surface area contributed by atoms with Crippen molar-refractivity contribution in [3.8, 4) is 0 Å². The van der Waals surface area contributed by atoms with Gasteiger partial charge in [0.15, 0.2) is 0 Å². The normalized spacial score (nSPS) is 6.43. The molecule has 0 fully saturated rings. The van der Waals surface area contributed by atoms with Crippen molar-refractivity contribution in [1.29, 1.82) is 0 Å². The van der Waals surface area contributed by atoms with E-state index in [1.165, 1.54) is 19.3 Å². The molecule has 0 rings (SSSR count).